The van der Waals surface area contributed by atoms with Gasteiger partial charge >= 0.3 is 0 Å². The van der Waals surface area contributed by atoms with Gasteiger partial charge in [-0.3, -0.25) is 0 Å². The Hall–Kier alpha value is -0.630. The molecule has 1 aromatic rings. The Bertz CT molecular complexity index is 261. The van der Waals surface area contributed by atoms with E-state index in [4.69, 9.17) is 0 Å². The van der Waals surface area contributed by atoms with Crippen molar-refractivity contribution in [2.45, 2.75) is 38.4 Å². The predicted molar refractivity (Wildman–Crippen MR) is 76.4 cm³/mol. The number of nitrogens with one attached hydrogen (secondary N) is 1. The summed E-state index contributed by atoms with van der Waals surface area (Å²) >= 11 is 2.07. The van der Waals surface area contributed by atoms with E-state index in [0.717, 1.165) is 6.54 Å². The molecule has 0 fully saturated rings. The third kappa shape index (κ3) is 6.06. The van der Waals surface area contributed by atoms with Crippen molar-refractivity contribution in [1.29, 1.82) is 0 Å². The predicted octanol–water partition coefficient (Wildman–Crippen LogP) is 4.41. The monoisotopic (exact) mass is 237 g/mol. The highest BCUT2D eigenvalue weighted by Gasteiger charge is 2.01. The van der Waals surface area contributed by atoms with Gasteiger partial charge in [0.05, 0.1) is 0 Å². The van der Waals surface area contributed by atoms with Gasteiger partial charge in [0.2, 0.25) is 0 Å². The van der Waals surface area contributed by atoms with Gasteiger partial charge < -0.3 is 5.32 Å². The Morgan fingerprint density at radius 1 is 1.19 bits per heavy atom. The lowest BCUT2D eigenvalue weighted by molar-refractivity contribution is 0.777. The van der Waals surface area contributed by atoms with Crippen molar-refractivity contribution in [2.24, 2.45) is 0 Å². The Morgan fingerprint density at radius 2 is 1.94 bits per heavy atom. The molecule has 0 spiro atoms. The van der Waals surface area contributed by atoms with Gasteiger partial charge in [-0.1, -0.05) is 44.9 Å². The van der Waals surface area contributed by atoms with E-state index in [1.54, 1.807) is 0 Å². The van der Waals surface area contributed by atoms with Gasteiger partial charge in [0.25, 0.3) is 0 Å². The molecule has 0 amide bonds. The topological polar surface area (TPSA) is 12.0 Å². The van der Waals surface area contributed by atoms with Crippen molar-refractivity contribution in [3.8, 4) is 0 Å². The first-order valence-corrected chi connectivity index (χ1v) is 7.28. The van der Waals surface area contributed by atoms with Gasteiger partial charge in [-0.25, -0.2) is 0 Å². The van der Waals surface area contributed by atoms with Crippen LogP contribution in [0.25, 0.3) is 0 Å². The molecule has 0 radical (unpaired) electrons. The van der Waals surface area contributed by atoms with Gasteiger partial charge in [0.15, 0.2) is 0 Å². The fourth-order valence-electron chi connectivity index (χ4n) is 1.51. The second kappa shape index (κ2) is 8.51. The fourth-order valence-corrected chi connectivity index (χ4v) is 2.49. The highest BCUT2D eigenvalue weighted by molar-refractivity contribution is 7.99. The summed E-state index contributed by atoms with van der Waals surface area (Å²) in [6, 6.07) is 10.4. The number of unbranched alkanes of at least 4 members (excludes halogenated alkanes) is 2. The number of anilines is 1. The zero-order valence-corrected chi connectivity index (χ0v) is 11.2. The Kier molecular flexibility index (Phi) is 7.15. The van der Waals surface area contributed by atoms with Crippen molar-refractivity contribution in [2.75, 3.05) is 17.6 Å². The van der Waals surface area contributed by atoms with Crippen LogP contribution in [0.5, 0.6) is 0 Å². The minimum absolute atomic E-state index is 0.692. The molecule has 0 bridgehead atoms. The van der Waals surface area contributed by atoms with Crippen LogP contribution in [0.1, 0.15) is 33.1 Å². The fraction of sp³-hybridized carbons (Fsp3) is 0.571. The molecule has 0 aliphatic rings. The summed E-state index contributed by atoms with van der Waals surface area (Å²) in [4.78, 5) is 0. The summed E-state index contributed by atoms with van der Waals surface area (Å²) in [5, 5.41) is 4.16. The standard InChI is InChI=1S/C14H23NS/c1-3-4-8-11-16-13(2)12-15-14-9-6-5-7-10-14/h5-7,9-10,13,15H,3-4,8,11-12H2,1-2H3. The van der Waals surface area contributed by atoms with E-state index in [2.05, 4.69) is 55.2 Å². The SMILES string of the molecule is CCCCCSC(C)CNc1ccccc1. The van der Waals surface area contributed by atoms with Gasteiger partial charge in [-0.15, -0.1) is 0 Å². The summed E-state index contributed by atoms with van der Waals surface area (Å²) in [6.07, 6.45) is 4.04. The summed E-state index contributed by atoms with van der Waals surface area (Å²) in [7, 11) is 0. The summed E-state index contributed by atoms with van der Waals surface area (Å²) in [5.74, 6) is 1.30. The lowest BCUT2D eigenvalue weighted by Gasteiger charge is -2.13. The molecule has 0 aromatic heterocycles. The quantitative estimate of drug-likeness (QED) is 0.672. The lowest BCUT2D eigenvalue weighted by Crippen LogP contribution is -2.13. The van der Waals surface area contributed by atoms with E-state index in [0.29, 0.717) is 5.25 Å². The second-order valence-electron chi connectivity index (χ2n) is 4.14. The van der Waals surface area contributed by atoms with Crippen LogP contribution in [-0.2, 0) is 0 Å². The Balaban J connectivity index is 2.08. The van der Waals surface area contributed by atoms with E-state index in [1.165, 1.54) is 30.7 Å². The first-order valence-electron chi connectivity index (χ1n) is 6.23. The van der Waals surface area contributed by atoms with E-state index < -0.39 is 0 Å². The molecule has 1 aromatic carbocycles. The molecule has 2 heteroatoms. The zero-order valence-electron chi connectivity index (χ0n) is 10.4. The average Bonchev–Trinajstić information content (AvgIpc) is 2.33. The normalized spacial score (nSPS) is 12.4. The molecule has 1 N–H and O–H groups in total. The molecule has 0 saturated heterocycles. The summed E-state index contributed by atoms with van der Waals surface area (Å²) in [6.45, 7) is 5.61. The lowest BCUT2D eigenvalue weighted by atomic mass is 10.3. The number of thioether (sulfide) groups is 1. The van der Waals surface area contributed by atoms with Crippen LogP contribution in [0.15, 0.2) is 30.3 Å². The molecule has 1 unspecified atom stereocenters. The largest absolute Gasteiger partial charge is 0.384 e. The number of para-hydroxylation sites is 1. The first kappa shape index (κ1) is 13.4. The van der Waals surface area contributed by atoms with Crippen molar-refractivity contribution in [3.05, 3.63) is 30.3 Å². The van der Waals surface area contributed by atoms with Crippen LogP contribution in [0, 0.1) is 0 Å². The molecule has 1 rings (SSSR count). The number of hydrogen-bond donors (Lipinski definition) is 1. The molecule has 16 heavy (non-hydrogen) atoms. The van der Waals surface area contributed by atoms with Crippen molar-refractivity contribution < 1.29 is 0 Å². The highest BCUT2D eigenvalue weighted by atomic mass is 32.2. The molecular formula is C14H23NS. The maximum atomic E-state index is 3.46. The minimum Gasteiger partial charge on any atom is -0.384 e. The van der Waals surface area contributed by atoms with Crippen LogP contribution < -0.4 is 5.32 Å². The maximum Gasteiger partial charge on any atom is 0.0340 e. The molecule has 0 aliphatic carbocycles. The third-order valence-corrected chi connectivity index (χ3v) is 3.78. The Morgan fingerprint density at radius 3 is 2.62 bits per heavy atom. The third-order valence-electron chi connectivity index (χ3n) is 2.52. The molecule has 0 aliphatic heterocycles. The van der Waals surface area contributed by atoms with E-state index >= 15 is 0 Å². The van der Waals surface area contributed by atoms with Gasteiger partial charge in [0, 0.05) is 17.5 Å². The molecule has 0 saturated carbocycles. The van der Waals surface area contributed by atoms with Gasteiger partial charge in [-0.05, 0) is 24.3 Å². The smallest absolute Gasteiger partial charge is 0.0340 e. The number of hydrogen-bond acceptors (Lipinski definition) is 2. The maximum absolute atomic E-state index is 3.46. The van der Waals surface area contributed by atoms with Gasteiger partial charge in [-0.2, -0.15) is 11.8 Å². The van der Waals surface area contributed by atoms with E-state index in [-0.39, 0.29) is 0 Å². The molecule has 0 heterocycles. The van der Waals surface area contributed by atoms with Crippen LogP contribution in [0.3, 0.4) is 0 Å². The zero-order chi connectivity index (χ0) is 11.6. The van der Waals surface area contributed by atoms with Crippen LogP contribution in [0.4, 0.5) is 5.69 Å². The second-order valence-corrected chi connectivity index (χ2v) is 5.68. The molecule has 1 nitrogen and oxygen atoms in total. The summed E-state index contributed by atoms with van der Waals surface area (Å²) < 4.78 is 0. The molecular weight excluding hydrogens is 214 g/mol. The van der Waals surface area contributed by atoms with Crippen molar-refractivity contribution in [3.63, 3.8) is 0 Å². The molecule has 1 atom stereocenters. The van der Waals surface area contributed by atoms with Crippen molar-refractivity contribution in [1.82, 2.24) is 0 Å². The summed E-state index contributed by atoms with van der Waals surface area (Å²) in [5.41, 5.74) is 1.23. The van der Waals surface area contributed by atoms with Gasteiger partial charge in [0.1, 0.15) is 0 Å². The van der Waals surface area contributed by atoms with Crippen LogP contribution in [-0.4, -0.2) is 17.5 Å². The minimum atomic E-state index is 0.692. The number of benzene rings is 1. The van der Waals surface area contributed by atoms with Crippen molar-refractivity contribution >= 4 is 17.4 Å². The van der Waals surface area contributed by atoms with E-state index in [1.807, 2.05) is 6.07 Å². The average molecular weight is 237 g/mol. The van der Waals surface area contributed by atoms with E-state index in [9.17, 15) is 0 Å². The first-order chi connectivity index (χ1) is 7.83. The molecule has 90 valence electrons. The Labute approximate surface area is 104 Å². The highest BCUT2D eigenvalue weighted by Crippen LogP contribution is 2.14. The van der Waals surface area contributed by atoms with Crippen LogP contribution in [0.2, 0.25) is 0 Å². The van der Waals surface area contributed by atoms with Crippen LogP contribution >= 0.6 is 11.8 Å². The number of rotatable bonds is 8.